The maximum absolute atomic E-state index is 13.3. The average molecular weight is 506 g/mol. The summed E-state index contributed by atoms with van der Waals surface area (Å²) >= 11 is 1.16. The molecule has 1 aromatic carbocycles. The summed E-state index contributed by atoms with van der Waals surface area (Å²) in [6, 6.07) is 0.115. The van der Waals surface area contributed by atoms with E-state index < -0.39 is 41.8 Å². The van der Waals surface area contributed by atoms with Gasteiger partial charge in [0.05, 0.1) is 23.3 Å². The molecule has 0 spiro atoms. The molecule has 3 aromatic rings. The SMILES string of the molecule is O=C(O)N1C2CC1CN(c1nc3c(OC(F)(F)F)c(C(O)C(F)F)cc(-c4cscn4)c3o1)C2. The molecular weight excluding hydrogens is 491 g/mol. The maximum atomic E-state index is 13.3. The van der Waals surface area contributed by atoms with Gasteiger partial charge in [0.2, 0.25) is 0 Å². The first-order chi connectivity index (χ1) is 16.0. The minimum atomic E-state index is -5.26. The maximum Gasteiger partial charge on any atom is 0.573 e. The van der Waals surface area contributed by atoms with E-state index in [2.05, 4.69) is 14.7 Å². The van der Waals surface area contributed by atoms with Crippen LogP contribution in [-0.2, 0) is 0 Å². The molecule has 3 fully saturated rings. The molecule has 34 heavy (non-hydrogen) atoms. The molecule has 2 bridgehead atoms. The van der Waals surface area contributed by atoms with Crippen LogP contribution in [0.25, 0.3) is 22.4 Å². The van der Waals surface area contributed by atoms with Gasteiger partial charge in [0.1, 0.15) is 6.10 Å². The number of amides is 1. The van der Waals surface area contributed by atoms with E-state index in [0.29, 0.717) is 6.42 Å². The number of carbonyl (C=O) groups is 1. The lowest BCUT2D eigenvalue weighted by molar-refractivity contribution is -0.274. The van der Waals surface area contributed by atoms with Gasteiger partial charge in [-0.1, -0.05) is 0 Å². The summed E-state index contributed by atoms with van der Waals surface area (Å²) in [5.74, 6) is -1.10. The molecular formula is C19H15F5N4O5S. The highest BCUT2D eigenvalue weighted by atomic mass is 32.1. The number of rotatable bonds is 5. The third-order valence-corrected chi connectivity index (χ3v) is 6.39. The van der Waals surface area contributed by atoms with Crippen LogP contribution in [0.4, 0.5) is 32.8 Å². The van der Waals surface area contributed by atoms with Crippen molar-refractivity contribution in [2.24, 2.45) is 0 Å². The zero-order chi connectivity index (χ0) is 24.4. The molecule has 3 aliphatic rings. The van der Waals surface area contributed by atoms with Crippen molar-refractivity contribution in [3.05, 3.63) is 22.5 Å². The van der Waals surface area contributed by atoms with E-state index in [9.17, 15) is 37.0 Å². The third-order valence-electron chi connectivity index (χ3n) is 5.81. The van der Waals surface area contributed by atoms with Crippen LogP contribution in [0.15, 0.2) is 21.4 Å². The Bertz CT molecular complexity index is 1220. The number of aliphatic hydroxyl groups excluding tert-OH is 1. The van der Waals surface area contributed by atoms with Crippen LogP contribution in [0.5, 0.6) is 5.75 Å². The van der Waals surface area contributed by atoms with Crippen molar-refractivity contribution in [1.29, 1.82) is 0 Å². The smallest absolute Gasteiger partial charge is 0.465 e. The van der Waals surface area contributed by atoms with E-state index in [1.54, 1.807) is 4.90 Å². The van der Waals surface area contributed by atoms with Gasteiger partial charge in [0, 0.05) is 29.6 Å². The van der Waals surface area contributed by atoms with Gasteiger partial charge >= 0.3 is 12.5 Å². The number of benzene rings is 1. The second-order valence-electron chi connectivity index (χ2n) is 7.86. The lowest BCUT2D eigenvalue weighted by Crippen LogP contribution is -2.70. The molecule has 0 radical (unpaired) electrons. The molecule has 2 aromatic heterocycles. The Morgan fingerprint density at radius 3 is 2.56 bits per heavy atom. The van der Waals surface area contributed by atoms with Gasteiger partial charge in [0.15, 0.2) is 16.8 Å². The summed E-state index contributed by atoms with van der Waals surface area (Å²) in [5, 5.41) is 20.8. The van der Waals surface area contributed by atoms with E-state index in [-0.39, 0.29) is 48.0 Å². The Hall–Kier alpha value is -3.20. The second kappa shape index (κ2) is 7.94. The summed E-state index contributed by atoms with van der Waals surface area (Å²) in [6.07, 6.45) is -11.7. The number of hydrogen-bond donors (Lipinski definition) is 2. The third kappa shape index (κ3) is 3.77. The van der Waals surface area contributed by atoms with Crippen molar-refractivity contribution < 1.29 is 46.1 Å². The zero-order valence-corrected chi connectivity index (χ0v) is 17.7. The number of aromatic nitrogens is 2. The van der Waals surface area contributed by atoms with Crippen LogP contribution < -0.4 is 9.64 Å². The number of alkyl halides is 5. The highest BCUT2D eigenvalue weighted by molar-refractivity contribution is 7.07. The van der Waals surface area contributed by atoms with Crippen LogP contribution in [0, 0.1) is 0 Å². The number of oxazole rings is 1. The van der Waals surface area contributed by atoms with E-state index in [1.165, 1.54) is 15.8 Å². The Kier molecular flexibility index (Phi) is 5.27. The predicted octanol–water partition coefficient (Wildman–Crippen LogP) is 4.09. The first kappa shape index (κ1) is 22.6. The Morgan fingerprint density at radius 2 is 2.00 bits per heavy atom. The molecule has 5 heterocycles. The largest absolute Gasteiger partial charge is 0.573 e. The van der Waals surface area contributed by atoms with Crippen LogP contribution in [0.3, 0.4) is 0 Å². The number of aliphatic hydroxyl groups is 1. The van der Waals surface area contributed by atoms with Crippen LogP contribution in [0.2, 0.25) is 0 Å². The summed E-state index contributed by atoms with van der Waals surface area (Å²) < 4.78 is 76.1. The monoisotopic (exact) mass is 506 g/mol. The summed E-state index contributed by atoms with van der Waals surface area (Å²) in [7, 11) is 0. The van der Waals surface area contributed by atoms with Crippen molar-refractivity contribution in [2.75, 3.05) is 18.0 Å². The summed E-state index contributed by atoms with van der Waals surface area (Å²) in [5.41, 5.74) is 0.175. The first-order valence-electron chi connectivity index (χ1n) is 9.87. The summed E-state index contributed by atoms with van der Waals surface area (Å²) in [6.45, 7) is 0.368. The van der Waals surface area contributed by atoms with Gasteiger partial charge in [0.25, 0.3) is 12.4 Å². The summed E-state index contributed by atoms with van der Waals surface area (Å²) in [4.78, 5) is 22.4. The van der Waals surface area contributed by atoms with Gasteiger partial charge in [-0.2, -0.15) is 4.98 Å². The molecule has 6 rings (SSSR count). The Morgan fingerprint density at radius 1 is 1.29 bits per heavy atom. The van der Waals surface area contributed by atoms with Crippen molar-refractivity contribution >= 4 is 34.5 Å². The van der Waals surface area contributed by atoms with E-state index in [1.807, 2.05) is 0 Å². The topological polar surface area (TPSA) is 112 Å². The van der Waals surface area contributed by atoms with Crippen LogP contribution >= 0.6 is 11.3 Å². The second-order valence-corrected chi connectivity index (χ2v) is 8.57. The standard InChI is InChI=1S/C19H15F5N4O5S/c20-16(21)13(29)10-2-9(11-5-34-6-25-11)14-12(15(10)33-19(22,23)24)26-17(32-14)27-3-7-1-8(4-27)28(7)18(30)31/h2,5-8,13,16,29H,1,3-4H2,(H,30,31). The van der Waals surface area contributed by atoms with E-state index in [4.69, 9.17) is 4.42 Å². The van der Waals surface area contributed by atoms with Gasteiger partial charge in [-0.3, -0.25) is 4.90 Å². The van der Waals surface area contributed by atoms with Gasteiger partial charge in [-0.15, -0.1) is 24.5 Å². The fourth-order valence-electron chi connectivity index (χ4n) is 4.40. The number of nitrogens with zero attached hydrogens (tertiary/aromatic N) is 4. The van der Waals surface area contributed by atoms with E-state index >= 15 is 0 Å². The van der Waals surface area contributed by atoms with Crippen LogP contribution in [-0.4, -0.2) is 69.1 Å². The molecule has 182 valence electrons. The molecule has 0 saturated carbocycles. The highest BCUT2D eigenvalue weighted by Crippen LogP contribution is 2.45. The number of fused-ring (bicyclic) bond motifs is 3. The zero-order valence-electron chi connectivity index (χ0n) is 16.9. The number of halogens is 5. The van der Waals surface area contributed by atoms with E-state index in [0.717, 1.165) is 17.4 Å². The van der Waals surface area contributed by atoms with Gasteiger partial charge in [-0.25, -0.2) is 18.6 Å². The number of piperazine rings is 1. The number of hydrogen-bond acceptors (Lipinski definition) is 8. The quantitative estimate of drug-likeness (QED) is 0.498. The molecule has 3 aliphatic heterocycles. The van der Waals surface area contributed by atoms with Gasteiger partial charge in [-0.05, 0) is 12.5 Å². The minimum absolute atomic E-state index is 0.0496. The minimum Gasteiger partial charge on any atom is -0.465 e. The first-order valence-corrected chi connectivity index (χ1v) is 10.8. The fraction of sp³-hybridized carbons (Fsp3) is 0.421. The van der Waals surface area contributed by atoms with Crippen molar-refractivity contribution in [1.82, 2.24) is 14.9 Å². The van der Waals surface area contributed by atoms with Crippen molar-refractivity contribution in [2.45, 2.75) is 37.4 Å². The van der Waals surface area contributed by atoms with Gasteiger partial charge < -0.3 is 24.3 Å². The fourth-order valence-corrected chi connectivity index (χ4v) is 4.95. The number of ether oxygens (including phenoxy) is 1. The molecule has 15 heteroatoms. The number of piperidine rings is 1. The number of thiazole rings is 1. The number of carboxylic acid groups (broad SMARTS) is 1. The van der Waals surface area contributed by atoms with Crippen molar-refractivity contribution in [3.8, 4) is 17.0 Å². The lowest BCUT2D eigenvalue weighted by atomic mass is 9.88. The Labute approximate surface area is 191 Å². The normalized spacial score (nSPS) is 21.1. The van der Waals surface area contributed by atoms with Crippen LogP contribution in [0.1, 0.15) is 18.1 Å². The van der Waals surface area contributed by atoms with Crippen molar-refractivity contribution in [3.63, 3.8) is 0 Å². The molecule has 2 N–H and O–H groups in total. The molecule has 9 nitrogen and oxygen atoms in total. The predicted molar refractivity (Wildman–Crippen MR) is 107 cm³/mol. The number of anilines is 1. The molecule has 3 atom stereocenters. The average Bonchev–Trinajstić information content (AvgIpc) is 3.42. The lowest BCUT2D eigenvalue weighted by Gasteiger charge is -2.54. The molecule has 0 aliphatic carbocycles. The Balaban J connectivity index is 1.66. The highest BCUT2D eigenvalue weighted by Gasteiger charge is 2.48. The molecule has 1 amide bonds. The molecule has 3 unspecified atom stereocenters. The molecule has 3 saturated heterocycles.